The third-order valence-electron chi connectivity index (χ3n) is 11.2. The summed E-state index contributed by atoms with van der Waals surface area (Å²) >= 11 is 0. The third kappa shape index (κ3) is 5.59. The summed E-state index contributed by atoms with van der Waals surface area (Å²) in [4.78, 5) is 2.37. The van der Waals surface area contributed by atoms with E-state index in [4.69, 9.17) is 4.42 Å². The number of hydrogen-bond donors (Lipinski definition) is 0. The van der Waals surface area contributed by atoms with Crippen molar-refractivity contribution in [2.24, 2.45) is 0 Å². The Bertz CT molecular complexity index is 3260. The number of furan rings is 1. The third-order valence-corrected chi connectivity index (χ3v) is 11.2. The fraction of sp³-hybridized carbons (Fsp3) is 0. The van der Waals surface area contributed by atoms with E-state index < -0.39 is 0 Å². The van der Waals surface area contributed by atoms with Crippen LogP contribution in [0.5, 0.6) is 0 Å². The lowest BCUT2D eigenvalue weighted by Gasteiger charge is -2.27. The first-order valence-electron chi connectivity index (χ1n) is 19.2. The van der Waals surface area contributed by atoms with Gasteiger partial charge in [-0.3, -0.25) is 0 Å². The van der Waals surface area contributed by atoms with Crippen LogP contribution in [-0.2, 0) is 0 Å². The lowest BCUT2D eigenvalue weighted by atomic mass is 9.97. The maximum absolute atomic E-state index is 6.17. The van der Waals surface area contributed by atoms with Crippen LogP contribution in [0.1, 0.15) is 0 Å². The molecule has 1 aromatic heterocycles. The average molecular weight is 714 g/mol. The molecule has 0 aliphatic heterocycles. The summed E-state index contributed by atoms with van der Waals surface area (Å²) < 4.78 is 6.17. The monoisotopic (exact) mass is 713 g/mol. The fourth-order valence-corrected chi connectivity index (χ4v) is 8.37. The normalized spacial score (nSPS) is 11.6. The first-order chi connectivity index (χ1) is 27.7. The van der Waals surface area contributed by atoms with Gasteiger partial charge in [-0.15, -0.1) is 0 Å². The summed E-state index contributed by atoms with van der Waals surface area (Å²) in [5.74, 6) is 0. The lowest BCUT2D eigenvalue weighted by Crippen LogP contribution is -2.10. The Labute approximate surface area is 325 Å². The maximum atomic E-state index is 6.17. The molecule has 0 saturated carbocycles. The van der Waals surface area contributed by atoms with Gasteiger partial charge in [-0.2, -0.15) is 0 Å². The van der Waals surface area contributed by atoms with Crippen molar-refractivity contribution in [1.82, 2.24) is 0 Å². The molecule has 56 heavy (non-hydrogen) atoms. The highest BCUT2D eigenvalue weighted by atomic mass is 16.3. The molecule has 11 rings (SSSR count). The van der Waals surface area contributed by atoms with Gasteiger partial charge < -0.3 is 9.32 Å². The van der Waals surface area contributed by atoms with Crippen LogP contribution in [0.4, 0.5) is 17.1 Å². The minimum atomic E-state index is 0.901. The van der Waals surface area contributed by atoms with Gasteiger partial charge in [-0.25, -0.2) is 0 Å². The number of hydrogen-bond acceptors (Lipinski definition) is 2. The number of benzene rings is 10. The van der Waals surface area contributed by atoms with Crippen molar-refractivity contribution in [3.05, 3.63) is 212 Å². The maximum Gasteiger partial charge on any atom is 0.135 e. The molecule has 1 heterocycles. The molecule has 0 aliphatic carbocycles. The topological polar surface area (TPSA) is 16.4 Å². The van der Waals surface area contributed by atoms with Crippen LogP contribution < -0.4 is 4.90 Å². The average Bonchev–Trinajstić information content (AvgIpc) is 3.65. The van der Waals surface area contributed by atoms with Crippen LogP contribution in [0.15, 0.2) is 217 Å². The first kappa shape index (κ1) is 32.0. The molecule has 2 nitrogen and oxygen atoms in total. The van der Waals surface area contributed by atoms with Gasteiger partial charge in [0, 0.05) is 27.8 Å². The van der Waals surface area contributed by atoms with E-state index in [2.05, 4.69) is 205 Å². The molecule has 11 aromatic rings. The molecule has 0 spiro atoms. The van der Waals surface area contributed by atoms with Gasteiger partial charge in [0.15, 0.2) is 0 Å². The Morgan fingerprint density at radius 2 is 0.768 bits per heavy atom. The van der Waals surface area contributed by atoms with Gasteiger partial charge in [-0.1, -0.05) is 146 Å². The second-order valence-corrected chi connectivity index (χ2v) is 14.6. The number of rotatable bonds is 6. The van der Waals surface area contributed by atoms with E-state index in [9.17, 15) is 0 Å². The number of para-hydroxylation sites is 1. The smallest absolute Gasteiger partial charge is 0.135 e. The van der Waals surface area contributed by atoms with Crippen molar-refractivity contribution >= 4 is 71.3 Å². The Hall–Kier alpha value is -7.42. The van der Waals surface area contributed by atoms with E-state index in [0.717, 1.165) is 50.1 Å². The molecule has 10 aromatic carbocycles. The van der Waals surface area contributed by atoms with Gasteiger partial charge in [0.05, 0.1) is 0 Å². The van der Waals surface area contributed by atoms with E-state index in [1.165, 1.54) is 54.6 Å². The van der Waals surface area contributed by atoms with Crippen LogP contribution in [0.25, 0.3) is 87.6 Å². The summed E-state index contributed by atoms with van der Waals surface area (Å²) in [5, 5.41) is 9.80. The van der Waals surface area contributed by atoms with Crippen molar-refractivity contribution in [2.75, 3.05) is 4.90 Å². The van der Waals surface area contributed by atoms with Gasteiger partial charge in [0.2, 0.25) is 0 Å². The van der Waals surface area contributed by atoms with E-state index in [1.54, 1.807) is 0 Å². The molecule has 2 heteroatoms. The van der Waals surface area contributed by atoms with Gasteiger partial charge >= 0.3 is 0 Å². The van der Waals surface area contributed by atoms with Crippen LogP contribution in [0.2, 0.25) is 0 Å². The van der Waals surface area contributed by atoms with Crippen molar-refractivity contribution in [3.63, 3.8) is 0 Å². The summed E-state index contributed by atoms with van der Waals surface area (Å²) in [5.41, 5.74) is 12.1. The molecule has 0 N–H and O–H groups in total. The molecule has 0 saturated heterocycles. The van der Waals surface area contributed by atoms with Crippen LogP contribution in [-0.4, -0.2) is 0 Å². The van der Waals surface area contributed by atoms with E-state index in [-0.39, 0.29) is 0 Å². The first-order valence-corrected chi connectivity index (χ1v) is 19.2. The van der Waals surface area contributed by atoms with Crippen molar-refractivity contribution in [2.45, 2.75) is 0 Å². The Balaban J connectivity index is 1.02. The van der Waals surface area contributed by atoms with Gasteiger partial charge in [0.1, 0.15) is 11.2 Å². The van der Waals surface area contributed by atoms with Crippen LogP contribution >= 0.6 is 0 Å². The summed E-state index contributed by atoms with van der Waals surface area (Å²) in [6, 6.07) is 76.7. The quantitative estimate of drug-likeness (QED) is 0.160. The second kappa shape index (κ2) is 13.2. The Morgan fingerprint density at radius 3 is 1.57 bits per heavy atom. The van der Waals surface area contributed by atoms with Crippen molar-refractivity contribution in [1.29, 1.82) is 0 Å². The highest BCUT2D eigenvalue weighted by molar-refractivity contribution is 6.09. The number of fused-ring (bicyclic) bond motifs is 7. The van der Waals surface area contributed by atoms with E-state index in [0.29, 0.717) is 0 Å². The predicted octanol–water partition coefficient (Wildman–Crippen LogP) is 15.5. The highest BCUT2D eigenvalue weighted by Gasteiger charge is 2.16. The minimum Gasteiger partial charge on any atom is -0.456 e. The Morgan fingerprint density at radius 1 is 0.250 bits per heavy atom. The zero-order valence-corrected chi connectivity index (χ0v) is 30.6. The van der Waals surface area contributed by atoms with Crippen LogP contribution in [0.3, 0.4) is 0 Å². The van der Waals surface area contributed by atoms with Gasteiger partial charge in [0.25, 0.3) is 0 Å². The summed E-state index contributed by atoms with van der Waals surface area (Å²) in [6.45, 7) is 0. The summed E-state index contributed by atoms with van der Waals surface area (Å²) in [6.07, 6.45) is 0. The molecule has 0 radical (unpaired) electrons. The van der Waals surface area contributed by atoms with Crippen molar-refractivity contribution in [3.8, 4) is 33.4 Å². The molecule has 0 bridgehead atoms. The van der Waals surface area contributed by atoms with E-state index in [1.807, 2.05) is 12.1 Å². The molecular formula is C54H35NO. The molecule has 0 atom stereocenters. The molecule has 0 amide bonds. The SMILES string of the molecule is c1cc(-c2ccc3c(ccc4ccccc43)c2)cc(N(c2ccc(-c3ccc4ccccc4c3)cc2)c2cccc(-c3ccc4oc5ccccc5c4c3)c2)c1. The lowest BCUT2D eigenvalue weighted by molar-refractivity contribution is 0.669. The molecular weight excluding hydrogens is 679 g/mol. The Kier molecular flexibility index (Phi) is 7.53. The van der Waals surface area contributed by atoms with Gasteiger partial charge in [-0.05, 0) is 132 Å². The number of nitrogens with zero attached hydrogens (tertiary/aromatic N) is 1. The zero-order chi connectivity index (χ0) is 37.0. The second-order valence-electron chi connectivity index (χ2n) is 14.6. The molecule has 0 fully saturated rings. The van der Waals surface area contributed by atoms with Crippen molar-refractivity contribution < 1.29 is 4.42 Å². The minimum absolute atomic E-state index is 0.901. The number of anilines is 3. The zero-order valence-electron chi connectivity index (χ0n) is 30.6. The predicted molar refractivity (Wildman–Crippen MR) is 237 cm³/mol. The fourth-order valence-electron chi connectivity index (χ4n) is 8.37. The molecule has 262 valence electrons. The van der Waals surface area contributed by atoms with E-state index >= 15 is 0 Å². The molecule has 0 unspecified atom stereocenters. The largest absolute Gasteiger partial charge is 0.456 e. The molecule has 0 aliphatic rings. The highest BCUT2D eigenvalue weighted by Crippen LogP contribution is 2.41. The standard InChI is InChI=1S/C54H35NO/c1-2-11-39-31-42(21-19-36(39)9-1)37-23-27-46(28-24-37)55(48-15-8-13-41(34-48)44-26-30-54-52(35-44)51-17-5-6-18-53(51)56-54)47-14-7-12-40(33-47)43-25-29-50-45(32-43)22-20-38-10-3-4-16-49(38)50/h1-35H. The summed E-state index contributed by atoms with van der Waals surface area (Å²) in [7, 11) is 0. The van der Waals surface area contributed by atoms with Crippen LogP contribution in [0, 0.1) is 0 Å².